The van der Waals surface area contributed by atoms with Crippen LogP contribution in [-0.4, -0.2) is 50.1 Å². The molecule has 7 nitrogen and oxygen atoms in total. The van der Waals surface area contributed by atoms with E-state index >= 15 is 0 Å². The van der Waals surface area contributed by atoms with Gasteiger partial charge in [-0.3, -0.25) is 0 Å². The number of quaternary nitrogens is 1. The van der Waals surface area contributed by atoms with Crippen molar-refractivity contribution < 1.29 is 33.8 Å². The fourth-order valence-corrected chi connectivity index (χ4v) is 2.20. The average molecular weight is 562 g/mol. The fraction of sp³-hybridized carbons (Fsp3) is 0.250. The van der Waals surface area contributed by atoms with Crippen LogP contribution in [-0.2, 0) is 30.2 Å². The highest BCUT2D eigenvalue weighted by molar-refractivity contribution is 8.06. The van der Waals surface area contributed by atoms with Crippen LogP contribution < -0.4 is 4.89 Å². The second-order valence-corrected chi connectivity index (χ2v) is 13.2. The van der Waals surface area contributed by atoms with Gasteiger partial charge in [0.25, 0.3) is 0 Å². The maximum Gasteiger partial charge on any atom is 0.319 e. The van der Waals surface area contributed by atoms with Crippen LogP contribution in [0.3, 0.4) is 0 Å². The van der Waals surface area contributed by atoms with Crippen molar-refractivity contribution in [3.63, 3.8) is 0 Å². The Balaban J connectivity index is 0. The number of hydrogen-bond acceptors (Lipinski definition) is 3. The van der Waals surface area contributed by atoms with Crippen LogP contribution in [0.5, 0.6) is 0 Å². The summed E-state index contributed by atoms with van der Waals surface area (Å²) < 4.78 is 0.990. The standard InChI is InChI=1S/C10H16N.2C7H8.2H3O3PS/c1-11(2,3)9-10-7-5-4-6-8-10;2*1-7-5-3-2-4-6-7;2*1-4(2,3)5/h4-8H,9H2,1-3H3;2*2-6H,1H3;2*(H3,1,2,3,5)/q+1;;;;/p-1. The number of nitrogens with zero attached hydrogens (tertiary/aromatic N) is 1. The predicted molar refractivity (Wildman–Crippen MR) is 150 cm³/mol. The Morgan fingerprint density at radius 1 is 0.629 bits per heavy atom. The molecule has 196 valence electrons. The topological polar surface area (TPSA) is 124 Å². The average Bonchev–Trinajstić information content (AvgIpc) is 2.67. The van der Waals surface area contributed by atoms with Gasteiger partial charge >= 0.3 is 6.72 Å². The molecule has 0 spiro atoms. The molecule has 0 amide bonds. The number of aryl methyl sites for hydroxylation is 2. The maximum absolute atomic E-state index is 9.14. The third-order valence-electron chi connectivity index (χ3n) is 3.38. The van der Waals surface area contributed by atoms with Gasteiger partial charge < -0.3 is 33.8 Å². The largest absolute Gasteiger partial charge is 0.780 e. The van der Waals surface area contributed by atoms with Crippen molar-refractivity contribution in [2.24, 2.45) is 0 Å². The molecule has 3 rings (SSSR count). The van der Waals surface area contributed by atoms with Gasteiger partial charge in [-0.05, 0) is 25.7 Å². The lowest BCUT2D eigenvalue weighted by atomic mass is 10.2. The van der Waals surface area contributed by atoms with E-state index in [0.717, 1.165) is 11.0 Å². The molecule has 0 radical (unpaired) electrons. The minimum atomic E-state index is -4.06. The van der Waals surface area contributed by atoms with Crippen LogP contribution in [0.15, 0.2) is 91.0 Å². The Labute approximate surface area is 219 Å². The normalized spacial score (nSPS) is 10.5. The molecule has 0 heterocycles. The van der Waals surface area contributed by atoms with Crippen LogP contribution in [0.2, 0.25) is 0 Å². The van der Waals surface area contributed by atoms with Gasteiger partial charge in [0, 0.05) is 5.56 Å². The van der Waals surface area contributed by atoms with E-state index in [2.05, 4.69) is 113 Å². The predicted octanol–water partition coefficient (Wildman–Crippen LogP) is 3.63. The molecule has 0 fully saturated rings. The summed E-state index contributed by atoms with van der Waals surface area (Å²) in [6.07, 6.45) is 0. The smallest absolute Gasteiger partial charge is 0.319 e. The maximum atomic E-state index is 9.14. The molecule has 0 bridgehead atoms. The highest BCUT2D eigenvalue weighted by atomic mass is 32.5. The van der Waals surface area contributed by atoms with Gasteiger partial charge in [0.2, 0.25) is 0 Å². The third kappa shape index (κ3) is 40.1. The van der Waals surface area contributed by atoms with E-state index in [1.165, 1.54) is 16.7 Å². The van der Waals surface area contributed by atoms with Gasteiger partial charge in [0.05, 0.1) is 21.1 Å². The molecular weight excluding hydrogens is 524 g/mol. The molecule has 0 saturated heterocycles. The molecule has 0 saturated carbocycles. The van der Waals surface area contributed by atoms with E-state index in [1.807, 2.05) is 36.4 Å². The fourth-order valence-electron chi connectivity index (χ4n) is 2.20. The van der Waals surface area contributed by atoms with Crippen molar-refractivity contribution in [2.45, 2.75) is 20.4 Å². The zero-order valence-corrected chi connectivity index (χ0v) is 24.1. The molecule has 3 aromatic carbocycles. The Kier molecular flexibility index (Phi) is 19.3. The summed E-state index contributed by atoms with van der Waals surface area (Å²) in [5, 5.41) is 0. The zero-order chi connectivity index (χ0) is 27.5. The summed E-state index contributed by atoms with van der Waals surface area (Å²) >= 11 is 7.10. The van der Waals surface area contributed by atoms with Gasteiger partial charge in [-0.15, -0.1) is 0 Å². The van der Waals surface area contributed by atoms with Crippen molar-refractivity contribution in [1.29, 1.82) is 0 Å². The van der Waals surface area contributed by atoms with E-state index in [4.69, 9.17) is 29.4 Å². The SMILES string of the molecule is C[N+](C)(C)Cc1ccccc1.Cc1ccccc1.Cc1ccccc1.OP(O)(O)=S.[O-]P(O)(O)=S. The molecule has 0 aliphatic rings. The van der Waals surface area contributed by atoms with Crippen LogP contribution in [0.25, 0.3) is 0 Å². The summed E-state index contributed by atoms with van der Waals surface area (Å²) in [5.74, 6) is 0. The number of hydrogen-bond donors (Lipinski definition) is 5. The van der Waals surface area contributed by atoms with Gasteiger partial charge in [-0.25, -0.2) is 0 Å². The first-order chi connectivity index (χ1) is 15.9. The lowest BCUT2D eigenvalue weighted by Crippen LogP contribution is -2.33. The molecule has 3 aromatic rings. The highest BCUT2D eigenvalue weighted by Crippen LogP contribution is 2.26. The van der Waals surface area contributed by atoms with Gasteiger partial charge in [-0.2, -0.15) is 0 Å². The zero-order valence-electron chi connectivity index (χ0n) is 20.7. The Morgan fingerprint density at radius 3 is 1.03 bits per heavy atom. The molecule has 35 heavy (non-hydrogen) atoms. The molecule has 0 aromatic heterocycles. The van der Waals surface area contributed by atoms with Gasteiger partial charge in [0.1, 0.15) is 13.3 Å². The molecule has 0 aliphatic heterocycles. The highest BCUT2D eigenvalue weighted by Gasteiger charge is 2.06. The second kappa shape index (κ2) is 18.9. The van der Waals surface area contributed by atoms with Crippen molar-refractivity contribution in [2.75, 3.05) is 21.1 Å². The van der Waals surface area contributed by atoms with Gasteiger partial charge in [-0.1, -0.05) is 114 Å². The summed E-state index contributed by atoms with van der Waals surface area (Å²) in [6, 6.07) is 31.1. The number of benzene rings is 3. The summed E-state index contributed by atoms with van der Waals surface area (Å²) in [5.41, 5.74) is 4.05. The Morgan fingerprint density at radius 2 is 0.857 bits per heavy atom. The van der Waals surface area contributed by atoms with E-state index in [1.54, 1.807) is 0 Å². The monoisotopic (exact) mass is 561 g/mol. The van der Waals surface area contributed by atoms with Gasteiger partial charge in [0.15, 0.2) is 0 Å². The van der Waals surface area contributed by atoms with E-state index in [-0.39, 0.29) is 0 Å². The van der Waals surface area contributed by atoms with E-state index in [0.29, 0.717) is 0 Å². The van der Waals surface area contributed by atoms with Crippen LogP contribution in [0.4, 0.5) is 0 Å². The van der Waals surface area contributed by atoms with Crippen molar-refractivity contribution >= 4 is 37.1 Å². The van der Waals surface area contributed by atoms with Crippen LogP contribution >= 0.6 is 13.4 Å². The first-order valence-electron chi connectivity index (χ1n) is 10.3. The van der Waals surface area contributed by atoms with E-state index < -0.39 is 13.4 Å². The van der Waals surface area contributed by atoms with Crippen molar-refractivity contribution in [3.05, 3.63) is 108 Å². The van der Waals surface area contributed by atoms with Crippen LogP contribution in [0, 0.1) is 13.8 Å². The summed E-state index contributed by atoms with van der Waals surface area (Å²) in [7, 11) is 6.60. The minimum Gasteiger partial charge on any atom is -0.780 e. The van der Waals surface area contributed by atoms with Crippen LogP contribution in [0.1, 0.15) is 16.7 Å². The molecule has 0 atom stereocenters. The lowest BCUT2D eigenvalue weighted by Gasteiger charge is -2.23. The molecule has 0 aliphatic carbocycles. The molecular formula is C24H37NO6P2S2. The third-order valence-corrected chi connectivity index (χ3v) is 3.38. The molecule has 11 heteroatoms. The first kappa shape index (κ1) is 35.8. The minimum absolute atomic E-state index is 0.990. The van der Waals surface area contributed by atoms with Crippen molar-refractivity contribution in [3.8, 4) is 0 Å². The van der Waals surface area contributed by atoms with E-state index in [9.17, 15) is 0 Å². The Hall–Kier alpha value is -1.32. The molecule has 0 unspecified atom stereocenters. The summed E-state index contributed by atoms with van der Waals surface area (Å²) in [4.78, 5) is 46.7. The Bertz CT molecular complexity index is 919. The quantitative estimate of drug-likeness (QED) is 0.238. The number of rotatable bonds is 2. The second-order valence-electron chi connectivity index (χ2n) is 8.25. The first-order valence-corrected chi connectivity index (χ1v) is 15.6. The summed E-state index contributed by atoms with van der Waals surface area (Å²) in [6.45, 7) is -2.60. The lowest BCUT2D eigenvalue weighted by molar-refractivity contribution is -0.884. The molecule has 5 N–H and O–H groups in total. The van der Waals surface area contributed by atoms with Crippen molar-refractivity contribution in [1.82, 2.24) is 0 Å².